The number of nitrogens with zero attached hydrogens (tertiary/aromatic N) is 4. The Morgan fingerprint density at radius 3 is 2.48 bits per heavy atom. The normalized spacial score (nSPS) is 10.6. The fourth-order valence-electron chi connectivity index (χ4n) is 2.91. The molecule has 0 unspecified atom stereocenters. The summed E-state index contributed by atoms with van der Waals surface area (Å²) in [5.74, 6) is -0.0700. The second-order valence-electron chi connectivity index (χ2n) is 7.08. The molecular formula is C25H24ClN5O2. The molecule has 0 saturated carbocycles. The van der Waals surface area contributed by atoms with Crippen LogP contribution < -0.4 is 10.2 Å². The van der Waals surface area contributed by atoms with Gasteiger partial charge in [0.05, 0.1) is 17.5 Å². The van der Waals surface area contributed by atoms with Gasteiger partial charge in [0.1, 0.15) is 5.82 Å². The Morgan fingerprint density at radius 1 is 1.15 bits per heavy atom. The van der Waals surface area contributed by atoms with E-state index in [1.54, 1.807) is 54.9 Å². The van der Waals surface area contributed by atoms with Crippen LogP contribution in [0.15, 0.2) is 72.5 Å². The van der Waals surface area contributed by atoms with Crippen molar-refractivity contribution in [1.29, 1.82) is 0 Å². The highest BCUT2D eigenvalue weighted by molar-refractivity contribution is 6.31. The molecule has 0 aliphatic heterocycles. The number of pyridine rings is 1. The number of amides is 2. The first-order valence-electron chi connectivity index (χ1n) is 10.2. The average Bonchev–Trinajstić information content (AvgIpc) is 2.84. The second kappa shape index (κ2) is 11.1. The molecule has 7 nitrogen and oxygen atoms in total. The topological polar surface area (TPSA) is 77.9 Å². The SMILES string of the molecule is C=Cc1ccc(NC(=O)c2cc(Cl)ccc2N(C=O)c2ccc(C=NN(C)CC)cc2)nc1. The lowest BCUT2D eigenvalue weighted by Crippen LogP contribution is -2.21. The van der Waals surface area contributed by atoms with Crippen LogP contribution in [0.3, 0.4) is 0 Å². The zero-order valence-corrected chi connectivity index (χ0v) is 19.2. The van der Waals surface area contributed by atoms with Crippen LogP contribution in [-0.4, -0.2) is 42.1 Å². The van der Waals surface area contributed by atoms with Crippen molar-refractivity contribution in [2.24, 2.45) is 5.10 Å². The van der Waals surface area contributed by atoms with E-state index in [-0.39, 0.29) is 5.56 Å². The highest BCUT2D eigenvalue weighted by atomic mass is 35.5. The van der Waals surface area contributed by atoms with Crippen molar-refractivity contribution in [3.05, 3.63) is 89.1 Å². The number of hydrogen-bond donors (Lipinski definition) is 1. The van der Waals surface area contributed by atoms with Crippen molar-refractivity contribution in [1.82, 2.24) is 9.99 Å². The summed E-state index contributed by atoms with van der Waals surface area (Å²) in [6.07, 6.45) is 5.66. The number of halogens is 1. The fraction of sp³-hybridized carbons (Fsp3) is 0.120. The van der Waals surface area contributed by atoms with E-state index < -0.39 is 5.91 Å². The second-order valence-corrected chi connectivity index (χ2v) is 7.52. The van der Waals surface area contributed by atoms with Gasteiger partial charge < -0.3 is 10.3 Å². The Bertz CT molecular complexity index is 1160. The summed E-state index contributed by atoms with van der Waals surface area (Å²) in [6, 6.07) is 15.5. The van der Waals surface area contributed by atoms with Gasteiger partial charge in [-0.15, -0.1) is 0 Å². The molecule has 0 fully saturated rings. The predicted molar refractivity (Wildman–Crippen MR) is 134 cm³/mol. The third-order valence-electron chi connectivity index (χ3n) is 4.86. The van der Waals surface area contributed by atoms with Gasteiger partial charge in [0.25, 0.3) is 5.91 Å². The molecule has 0 bridgehead atoms. The Balaban J connectivity index is 1.89. The van der Waals surface area contributed by atoms with E-state index in [1.807, 2.05) is 31.1 Å². The van der Waals surface area contributed by atoms with Crippen LogP contribution in [0.4, 0.5) is 17.2 Å². The van der Waals surface area contributed by atoms with E-state index in [1.165, 1.54) is 11.0 Å². The molecule has 3 aromatic rings. The van der Waals surface area contributed by atoms with E-state index in [9.17, 15) is 9.59 Å². The van der Waals surface area contributed by atoms with Crippen molar-refractivity contribution < 1.29 is 9.59 Å². The van der Waals surface area contributed by atoms with E-state index in [0.29, 0.717) is 28.6 Å². The number of carbonyl (C=O) groups excluding carboxylic acids is 2. The fourth-order valence-corrected chi connectivity index (χ4v) is 3.08. The Hall–Kier alpha value is -3.97. The summed E-state index contributed by atoms with van der Waals surface area (Å²) in [5, 5.41) is 9.23. The van der Waals surface area contributed by atoms with Crippen molar-refractivity contribution in [2.45, 2.75) is 6.92 Å². The molecule has 2 aromatic carbocycles. The van der Waals surface area contributed by atoms with Crippen molar-refractivity contribution in [3.63, 3.8) is 0 Å². The van der Waals surface area contributed by atoms with Gasteiger partial charge in [-0.25, -0.2) is 4.98 Å². The number of rotatable bonds is 9. The maximum Gasteiger partial charge on any atom is 0.259 e. The standard InChI is InChI=1S/C25H24ClN5O2/c1-4-18-8-13-24(27-15-18)29-25(33)22-14-20(26)9-12-23(22)31(17-32)21-10-6-19(7-11-21)16-28-30(3)5-2/h4,6-17H,1,5H2,2-3H3,(H,27,29,33). The van der Waals surface area contributed by atoms with Gasteiger partial charge in [-0.1, -0.05) is 36.4 Å². The third kappa shape index (κ3) is 6.05. The molecule has 0 aliphatic rings. The molecule has 8 heteroatoms. The van der Waals surface area contributed by atoms with Crippen LogP contribution in [0.1, 0.15) is 28.4 Å². The minimum Gasteiger partial charge on any atom is -0.306 e. The molecule has 0 radical (unpaired) electrons. The maximum atomic E-state index is 13.0. The molecule has 1 aromatic heterocycles. The van der Waals surface area contributed by atoms with Crippen molar-refractivity contribution in [2.75, 3.05) is 23.8 Å². The number of carbonyl (C=O) groups is 2. The molecule has 0 atom stereocenters. The van der Waals surface area contributed by atoms with Crippen LogP contribution in [0, 0.1) is 0 Å². The summed E-state index contributed by atoms with van der Waals surface area (Å²) >= 11 is 6.16. The quantitative estimate of drug-likeness (QED) is 0.269. The molecule has 0 aliphatic carbocycles. The lowest BCUT2D eigenvalue weighted by Gasteiger charge is -2.21. The first-order chi connectivity index (χ1) is 15.9. The Labute approximate surface area is 198 Å². The Morgan fingerprint density at radius 2 is 1.88 bits per heavy atom. The number of nitrogens with one attached hydrogen (secondary N) is 1. The summed E-state index contributed by atoms with van der Waals surface area (Å²) in [6.45, 7) is 6.49. The summed E-state index contributed by atoms with van der Waals surface area (Å²) in [4.78, 5) is 30.7. The molecule has 1 heterocycles. The number of anilines is 3. The van der Waals surface area contributed by atoms with E-state index in [4.69, 9.17) is 11.6 Å². The molecule has 0 spiro atoms. The first kappa shape index (κ1) is 23.7. The van der Waals surface area contributed by atoms with Gasteiger partial charge >= 0.3 is 0 Å². The largest absolute Gasteiger partial charge is 0.306 e. The van der Waals surface area contributed by atoms with Crippen molar-refractivity contribution in [3.8, 4) is 0 Å². The van der Waals surface area contributed by atoms with E-state index in [2.05, 4.69) is 22.0 Å². The lowest BCUT2D eigenvalue weighted by molar-refractivity contribution is -0.106. The van der Waals surface area contributed by atoms with Crippen LogP contribution in [-0.2, 0) is 4.79 Å². The molecule has 2 amide bonds. The van der Waals surface area contributed by atoms with Crippen molar-refractivity contribution >= 4 is 53.4 Å². The zero-order valence-electron chi connectivity index (χ0n) is 18.4. The van der Waals surface area contributed by atoms with Crippen LogP contribution in [0.2, 0.25) is 5.02 Å². The smallest absolute Gasteiger partial charge is 0.259 e. The number of hydrogen-bond acceptors (Lipinski definition) is 5. The number of benzene rings is 2. The molecule has 33 heavy (non-hydrogen) atoms. The summed E-state index contributed by atoms with van der Waals surface area (Å²) in [7, 11) is 1.88. The van der Waals surface area contributed by atoms with Crippen LogP contribution >= 0.6 is 11.6 Å². The molecule has 1 N–H and O–H groups in total. The van der Waals surface area contributed by atoms with Gasteiger partial charge in [-0.05, 0) is 60.5 Å². The minimum absolute atomic E-state index is 0.236. The number of hydrazone groups is 1. The Kier molecular flexibility index (Phi) is 7.94. The highest BCUT2D eigenvalue weighted by Gasteiger charge is 2.19. The first-order valence-corrected chi connectivity index (χ1v) is 10.6. The monoisotopic (exact) mass is 461 g/mol. The van der Waals surface area contributed by atoms with Gasteiger partial charge in [0, 0.05) is 30.5 Å². The zero-order chi connectivity index (χ0) is 23.8. The highest BCUT2D eigenvalue weighted by Crippen LogP contribution is 2.30. The van der Waals surface area contributed by atoms with Crippen LogP contribution in [0.25, 0.3) is 6.08 Å². The molecule has 0 saturated heterocycles. The molecular weight excluding hydrogens is 438 g/mol. The average molecular weight is 462 g/mol. The van der Waals surface area contributed by atoms with Gasteiger partial charge in [0.2, 0.25) is 6.41 Å². The molecule has 168 valence electrons. The summed E-state index contributed by atoms with van der Waals surface area (Å²) in [5.41, 5.74) is 2.93. The maximum absolute atomic E-state index is 13.0. The van der Waals surface area contributed by atoms with E-state index >= 15 is 0 Å². The third-order valence-corrected chi connectivity index (χ3v) is 5.10. The predicted octanol–water partition coefficient (Wildman–Crippen LogP) is 5.21. The van der Waals surface area contributed by atoms with E-state index in [0.717, 1.165) is 17.7 Å². The van der Waals surface area contributed by atoms with Gasteiger partial charge in [-0.3, -0.25) is 14.5 Å². The number of aromatic nitrogens is 1. The van der Waals surface area contributed by atoms with Gasteiger partial charge in [0.15, 0.2) is 0 Å². The lowest BCUT2D eigenvalue weighted by atomic mass is 10.1. The minimum atomic E-state index is -0.440. The molecule has 3 rings (SSSR count). The van der Waals surface area contributed by atoms with Gasteiger partial charge in [-0.2, -0.15) is 5.10 Å². The van der Waals surface area contributed by atoms with Crippen LogP contribution in [0.5, 0.6) is 0 Å². The summed E-state index contributed by atoms with van der Waals surface area (Å²) < 4.78 is 0.